The van der Waals surface area contributed by atoms with Gasteiger partial charge >= 0.3 is 5.97 Å². The predicted molar refractivity (Wildman–Crippen MR) is 103 cm³/mol. The molecule has 0 fully saturated rings. The smallest absolute Gasteiger partial charge is 0.306 e. The second kappa shape index (κ2) is 7.72. The van der Waals surface area contributed by atoms with Gasteiger partial charge in [-0.05, 0) is 34.9 Å². The molecule has 0 spiro atoms. The van der Waals surface area contributed by atoms with E-state index in [2.05, 4.69) is 21.2 Å². The number of pyridine rings is 1. The fourth-order valence-electron chi connectivity index (χ4n) is 3.70. The molecule has 3 heterocycles. The van der Waals surface area contributed by atoms with Crippen LogP contribution < -0.4 is 10.3 Å². The quantitative estimate of drug-likeness (QED) is 0.641. The zero-order chi connectivity index (χ0) is 19.5. The van der Waals surface area contributed by atoms with Crippen LogP contribution in [-0.4, -0.2) is 34.9 Å². The highest BCUT2D eigenvalue weighted by molar-refractivity contribution is 5.71. The molecule has 1 aliphatic heterocycles. The van der Waals surface area contributed by atoms with Gasteiger partial charge in [0.1, 0.15) is 5.75 Å². The van der Waals surface area contributed by atoms with Crippen molar-refractivity contribution in [3.63, 3.8) is 0 Å². The van der Waals surface area contributed by atoms with Gasteiger partial charge in [-0.1, -0.05) is 12.1 Å². The Hall–Kier alpha value is -3.35. The molecule has 2 aromatic heterocycles. The van der Waals surface area contributed by atoms with E-state index < -0.39 is 5.92 Å². The molecule has 4 rings (SSSR count). The van der Waals surface area contributed by atoms with E-state index in [1.807, 2.05) is 24.3 Å². The van der Waals surface area contributed by atoms with Gasteiger partial charge < -0.3 is 14.6 Å². The fraction of sp³-hybridized carbons (Fsp3) is 0.286. The summed E-state index contributed by atoms with van der Waals surface area (Å²) >= 11 is 0. The zero-order valence-corrected chi connectivity index (χ0v) is 15.5. The molecule has 0 bridgehead atoms. The minimum absolute atomic E-state index is 0.0759. The predicted octanol–water partition coefficient (Wildman–Crippen LogP) is 2.32. The highest BCUT2D eigenvalue weighted by atomic mass is 16.5. The Morgan fingerprint density at radius 1 is 1.25 bits per heavy atom. The van der Waals surface area contributed by atoms with Crippen molar-refractivity contribution in [2.45, 2.75) is 25.2 Å². The van der Waals surface area contributed by atoms with Gasteiger partial charge in [0.15, 0.2) is 0 Å². The van der Waals surface area contributed by atoms with Crippen LogP contribution >= 0.6 is 0 Å². The lowest BCUT2D eigenvalue weighted by Crippen LogP contribution is -2.18. The molecule has 0 amide bonds. The van der Waals surface area contributed by atoms with Crippen molar-refractivity contribution in [2.75, 3.05) is 13.7 Å². The van der Waals surface area contributed by atoms with E-state index >= 15 is 0 Å². The molecule has 0 saturated heterocycles. The number of hydrogen-bond donors (Lipinski definition) is 2. The zero-order valence-electron chi connectivity index (χ0n) is 15.5. The van der Waals surface area contributed by atoms with Gasteiger partial charge in [0.05, 0.1) is 20.1 Å². The lowest BCUT2D eigenvalue weighted by molar-refractivity contribution is -0.140. The van der Waals surface area contributed by atoms with Gasteiger partial charge in [-0.15, -0.1) is 0 Å². The van der Waals surface area contributed by atoms with Crippen LogP contribution in [0.15, 0.2) is 47.5 Å². The molecular weight excluding hydrogens is 358 g/mol. The van der Waals surface area contributed by atoms with Crippen LogP contribution in [0.25, 0.3) is 0 Å². The van der Waals surface area contributed by atoms with Gasteiger partial charge in [-0.3, -0.25) is 19.7 Å². The number of aromatic nitrogens is 3. The molecule has 1 atom stereocenters. The third-order valence-corrected chi connectivity index (χ3v) is 5.09. The van der Waals surface area contributed by atoms with Gasteiger partial charge in [0.2, 0.25) is 0 Å². The van der Waals surface area contributed by atoms with E-state index in [1.165, 1.54) is 12.7 Å². The van der Waals surface area contributed by atoms with E-state index in [-0.39, 0.29) is 17.9 Å². The number of benzene rings is 1. The Balaban J connectivity index is 1.71. The molecule has 0 aliphatic carbocycles. The third kappa shape index (κ3) is 3.55. The number of carbonyl (C=O) groups excluding carboxylic acids is 1. The average molecular weight is 379 g/mol. The minimum atomic E-state index is -0.418. The lowest BCUT2D eigenvalue weighted by atomic mass is 9.87. The summed E-state index contributed by atoms with van der Waals surface area (Å²) in [6, 6.07) is 9.71. The Bertz CT molecular complexity index is 1040. The second-order valence-electron chi connectivity index (χ2n) is 6.80. The summed E-state index contributed by atoms with van der Waals surface area (Å²) in [4.78, 5) is 28.7. The van der Waals surface area contributed by atoms with Crippen molar-refractivity contribution >= 4 is 5.97 Å². The van der Waals surface area contributed by atoms with Crippen LogP contribution in [0, 0.1) is 0 Å². The molecule has 1 aromatic carbocycles. The first-order valence-corrected chi connectivity index (χ1v) is 9.16. The molecule has 3 aromatic rings. The standard InChI is InChI=1S/C21H21N3O4/c1-27-19(25)12-16(14-4-7-22-8-5-14)20-17(23-24-21(20)26)11-13-2-3-18-15(10-13)6-9-28-18/h2-5,7-8,10,16H,6,9,11-12H2,1H3,(H2,23,24,26)/t16-/m1/s1. The molecule has 0 radical (unpaired) electrons. The van der Waals surface area contributed by atoms with E-state index in [0.29, 0.717) is 18.6 Å². The summed E-state index contributed by atoms with van der Waals surface area (Å²) in [6.07, 6.45) is 4.82. The molecule has 0 unspecified atom stereocenters. The number of aromatic amines is 2. The van der Waals surface area contributed by atoms with E-state index in [1.54, 1.807) is 12.4 Å². The Morgan fingerprint density at radius 3 is 2.86 bits per heavy atom. The maximum Gasteiger partial charge on any atom is 0.306 e. The van der Waals surface area contributed by atoms with E-state index in [0.717, 1.165) is 29.0 Å². The largest absolute Gasteiger partial charge is 0.493 e. The summed E-state index contributed by atoms with van der Waals surface area (Å²) in [5.74, 6) is 0.133. The van der Waals surface area contributed by atoms with E-state index in [9.17, 15) is 9.59 Å². The number of rotatable bonds is 6. The molecule has 7 heteroatoms. The topological polar surface area (TPSA) is 97.1 Å². The van der Waals surface area contributed by atoms with Crippen LogP contribution in [0.3, 0.4) is 0 Å². The number of fused-ring (bicyclic) bond motifs is 1. The van der Waals surface area contributed by atoms with Crippen molar-refractivity contribution in [2.24, 2.45) is 0 Å². The molecule has 0 saturated carbocycles. The van der Waals surface area contributed by atoms with Crippen LogP contribution in [0.1, 0.15) is 40.3 Å². The van der Waals surface area contributed by atoms with Crippen LogP contribution in [-0.2, 0) is 22.4 Å². The summed E-state index contributed by atoms with van der Waals surface area (Å²) in [5, 5.41) is 5.67. The van der Waals surface area contributed by atoms with Gasteiger partial charge in [-0.25, -0.2) is 0 Å². The number of nitrogens with zero attached hydrogens (tertiary/aromatic N) is 1. The molecule has 28 heavy (non-hydrogen) atoms. The van der Waals surface area contributed by atoms with Crippen molar-refractivity contribution in [1.29, 1.82) is 0 Å². The van der Waals surface area contributed by atoms with Crippen LogP contribution in [0.4, 0.5) is 0 Å². The average Bonchev–Trinajstić information content (AvgIpc) is 3.33. The number of methoxy groups -OCH3 is 1. The number of ether oxygens (including phenoxy) is 2. The molecule has 2 N–H and O–H groups in total. The Labute approximate surface area is 161 Å². The monoisotopic (exact) mass is 379 g/mol. The maximum absolute atomic E-state index is 12.6. The first-order valence-electron chi connectivity index (χ1n) is 9.16. The summed E-state index contributed by atoms with van der Waals surface area (Å²) < 4.78 is 10.4. The summed E-state index contributed by atoms with van der Waals surface area (Å²) in [6.45, 7) is 0.703. The van der Waals surface area contributed by atoms with Gasteiger partial charge in [0, 0.05) is 42.4 Å². The number of carbonyl (C=O) groups is 1. The SMILES string of the molecule is COC(=O)C[C@H](c1ccncc1)c1c(Cc2ccc3c(c2)CCO3)[nH][nH]c1=O. The highest BCUT2D eigenvalue weighted by Crippen LogP contribution is 2.30. The summed E-state index contributed by atoms with van der Waals surface area (Å²) in [7, 11) is 1.35. The van der Waals surface area contributed by atoms with Crippen molar-refractivity contribution < 1.29 is 14.3 Å². The Kier molecular flexibility index (Phi) is 4.97. The summed E-state index contributed by atoms with van der Waals surface area (Å²) in [5.41, 5.74) is 4.17. The van der Waals surface area contributed by atoms with Crippen molar-refractivity contribution in [3.05, 3.63) is 81.0 Å². The minimum Gasteiger partial charge on any atom is -0.493 e. The number of nitrogens with one attached hydrogen (secondary N) is 2. The van der Waals surface area contributed by atoms with Crippen LogP contribution in [0.5, 0.6) is 5.75 Å². The highest BCUT2D eigenvalue weighted by Gasteiger charge is 2.26. The normalized spacial score (nSPS) is 13.6. The number of H-pyrrole nitrogens is 2. The van der Waals surface area contributed by atoms with Crippen molar-refractivity contribution in [1.82, 2.24) is 15.2 Å². The number of esters is 1. The molecular formula is C21H21N3O4. The molecule has 7 nitrogen and oxygen atoms in total. The third-order valence-electron chi connectivity index (χ3n) is 5.09. The number of hydrogen-bond acceptors (Lipinski definition) is 5. The van der Waals surface area contributed by atoms with Crippen molar-refractivity contribution in [3.8, 4) is 5.75 Å². The molecule has 144 valence electrons. The fourth-order valence-corrected chi connectivity index (χ4v) is 3.70. The first kappa shape index (κ1) is 18.0. The lowest BCUT2D eigenvalue weighted by Gasteiger charge is -2.16. The van der Waals surface area contributed by atoms with E-state index in [4.69, 9.17) is 9.47 Å². The maximum atomic E-state index is 12.6. The van der Waals surface area contributed by atoms with Gasteiger partial charge in [0.25, 0.3) is 5.56 Å². The van der Waals surface area contributed by atoms with Gasteiger partial charge in [-0.2, -0.15) is 0 Å². The second-order valence-corrected chi connectivity index (χ2v) is 6.80. The molecule has 1 aliphatic rings. The Morgan fingerprint density at radius 2 is 2.07 bits per heavy atom. The van der Waals surface area contributed by atoms with Crippen LogP contribution in [0.2, 0.25) is 0 Å². The first-order chi connectivity index (χ1) is 13.7.